The lowest BCUT2D eigenvalue weighted by molar-refractivity contribution is -0.0238. The van der Waals surface area contributed by atoms with Crippen molar-refractivity contribution in [1.82, 2.24) is 0 Å². The molecule has 3 heteroatoms. The maximum atomic E-state index is 10.6. The normalized spacial score (nSPS) is 44.0. The van der Waals surface area contributed by atoms with E-state index in [2.05, 4.69) is 25.9 Å². The van der Waals surface area contributed by atoms with Crippen LogP contribution in [0.2, 0.25) is 0 Å². The van der Waals surface area contributed by atoms with Crippen LogP contribution in [0.3, 0.4) is 0 Å². The first-order chi connectivity index (χ1) is 6.49. The predicted molar refractivity (Wildman–Crippen MR) is 56.9 cm³/mol. The van der Waals surface area contributed by atoms with Gasteiger partial charge in [-0.25, -0.2) is 0 Å². The standard InChI is InChI=1S/C11H21NO2/c1-6(2)9-5-7(3)10(12-14)8(4)11(9)13/h6-11,13H,5H2,1-4H3/t7-,8-,9-,10?,11?/m1/s1. The Morgan fingerprint density at radius 3 is 2.36 bits per heavy atom. The highest BCUT2D eigenvalue weighted by molar-refractivity contribution is 4.93. The van der Waals surface area contributed by atoms with E-state index in [1.807, 2.05) is 6.92 Å². The van der Waals surface area contributed by atoms with Gasteiger partial charge in [-0.2, -0.15) is 4.91 Å². The fourth-order valence-corrected chi connectivity index (χ4v) is 2.68. The third kappa shape index (κ3) is 1.97. The minimum absolute atomic E-state index is 0.00338. The first kappa shape index (κ1) is 11.6. The van der Waals surface area contributed by atoms with Crippen LogP contribution in [0.5, 0.6) is 0 Å². The van der Waals surface area contributed by atoms with Gasteiger partial charge in [-0.05, 0) is 24.2 Å². The summed E-state index contributed by atoms with van der Waals surface area (Å²) in [6.07, 6.45) is 0.549. The molecule has 0 aromatic rings. The molecule has 0 radical (unpaired) electrons. The molecule has 0 saturated heterocycles. The maximum absolute atomic E-state index is 10.6. The van der Waals surface area contributed by atoms with Crippen molar-refractivity contribution in [2.45, 2.75) is 46.3 Å². The third-order valence-corrected chi connectivity index (χ3v) is 3.72. The van der Waals surface area contributed by atoms with Gasteiger partial charge in [-0.3, -0.25) is 0 Å². The van der Waals surface area contributed by atoms with E-state index < -0.39 is 0 Å². The molecule has 0 aromatic carbocycles. The van der Waals surface area contributed by atoms with Crippen LogP contribution < -0.4 is 0 Å². The minimum atomic E-state index is -0.367. The van der Waals surface area contributed by atoms with Crippen molar-refractivity contribution in [3.8, 4) is 0 Å². The third-order valence-electron chi connectivity index (χ3n) is 3.72. The van der Waals surface area contributed by atoms with Gasteiger partial charge in [0.25, 0.3) is 0 Å². The molecule has 1 saturated carbocycles. The zero-order valence-corrected chi connectivity index (χ0v) is 9.47. The van der Waals surface area contributed by atoms with E-state index in [1.165, 1.54) is 0 Å². The van der Waals surface area contributed by atoms with Crippen molar-refractivity contribution in [1.29, 1.82) is 0 Å². The van der Waals surface area contributed by atoms with Crippen LogP contribution in [0.1, 0.15) is 34.1 Å². The number of nitroso groups, excluding NO2 is 1. The average molecular weight is 199 g/mol. The van der Waals surface area contributed by atoms with Crippen LogP contribution in [0.25, 0.3) is 0 Å². The van der Waals surface area contributed by atoms with Gasteiger partial charge in [0.15, 0.2) is 0 Å². The fraction of sp³-hybridized carbons (Fsp3) is 1.00. The lowest BCUT2D eigenvalue weighted by Gasteiger charge is -2.41. The molecule has 5 atom stereocenters. The van der Waals surface area contributed by atoms with Crippen molar-refractivity contribution >= 4 is 0 Å². The van der Waals surface area contributed by atoms with Crippen molar-refractivity contribution in [2.24, 2.45) is 28.8 Å². The van der Waals surface area contributed by atoms with E-state index in [-0.39, 0.29) is 18.1 Å². The highest BCUT2D eigenvalue weighted by Gasteiger charge is 2.41. The van der Waals surface area contributed by atoms with Crippen LogP contribution in [0.4, 0.5) is 0 Å². The summed E-state index contributed by atoms with van der Waals surface area (Å²) in [4.78, 5) is 10.6. The molecule has 0 bridgehead atoms. The maximum Gasteiger partial charge on any atom is 0.0995 e. The van der Waals surface area contributed by atoms with Crippen molar-refractivity contribution in [3.05, 3.63) is 4.91 Å². The molecule has 1 rings (SSSR count). The van der Waals surface area contributed by atoms with Gasteiger partial charge < -0.3 is 5.11 Å². The Morgan fingerprint density at radius 2 is 1.93 bits per heavy atom. The molecule has 2 unspecified atom stereocenters. The summed E-state index contributed by atoms with van der Waals surface area (Å²) in [6, 6.07) is -0.208. The Hall–Kier alpha value is -0.440. The van der Waals surface area contributed by atoms with E-state index in [4.69, 9.17) is 0 Å². The lowest BCUT2D eigenvalue weighted by atomic mass is 9.68. The second-order valence-electron chi connectivity index (χ2n) is 5.07. The summed E-state index contributed by atoms with van der Waals surface area (Å²) in [5, 5.41) is 13.2. The summed E-state index contributed by atoms with van der Waals surface area (Å²) in [7, 11) is 0. The number of aliphatic hydroxyl groups excluding tert-OH is 1. The van der Waals surface area contributed by atoms with Crippen LogP contribution in [-0.4, -0.2) is 17.3 Å². The Kier molecular flexibility index (Phi) is 3.65. The highest BCUT2D eigenvalue weighted by atomic mass is 16.3. The van der Waals surface area contributed by atoms with E-state index in [9.17, 15) is 10.0 Å². The van der Waals surface area contributed by atoms with Crippen LogP contribution >= 0.6 is 0 Å². The van der Waals surface area contributed by atoms with Crippen LogP contribution in [0, 0.1) is 28.6 Å². The summed E-state index contributed by atoms with van der Waals surface area (Å²) in [5.41, 5.74) is 0. The average Bonchev–Trinajstić information content (AvgIpc) is 2.12. The zero-order valence-electron chi connectivity index (χ0n) is 9.47. The number of rotatable bonds is 2. The highest BCUT2D eigenvalue weighted by Crippen LogP contribution is 2.38. The Bertz CT molecular complexity index is 205. The number of aliphatic hydroxyl groups is 1. The van der Waals surface area contributed by atoms with Gasteiger partial charge in [0.2, 0.25) is 0 Å². The zero-order chi connectivity index (χ0) is 10.9. The molecule has 0 spiro atoms. The summed E-state index contributed by atoms with van der Waals surface area (Å²) in [5.74, 6) is 1.10. The van der Waals surface area contributed by atoms with Crippen molar-refractivity contribution in [2.75, 3.05) is 0 Å². The summed E-state index contributed by atoms with van der Waals surface area (Å²) < 4.78 is 0. The molecule has 0 amide bonds. The van der Waals surface area contributed by atoms with E-state index in [0.717, 1.165) is 6.42 Å². The van der Waals surface area contributed by atoms with Gasteiger partial charge in [0.1, 0.15) is 0 Å². The van der Waals surface area contributed by atoms with Crippen molar-refractivity contribution < 1.29 is 5.11 Å². The largest absolute Gasteiger partial charge is 0.392 e. The Labute approximate surface area is 85.9 Å². The molecular weight excluding hydrogens is 178 g/mol. The molecule has 1 aliphatic carbocycles. The molecule has 1 aliphatic rings. The number of hydrogen-bond acceptors (Lipinski definition) is 3. The predicted octanol–water partition coefficient (Wildman–Crippen LogP) is 2.43. The molecule has 1 N–H and O–H groups in total. The van der Waals surface area contributed by atoms with E-state index >= 15 is 0 Å². The minimum Gasteiger partial charge on any atom is -0.392 e. The molecular formula is C11H21NO2. The molecule has 82 valence electrons. The fourth-order valence-electron chi connectivity index (χ4n) is 2.68. The Morgan fingerprint density at radius 1 is 1.36 bits per heavy atom. The SMILES string of the molecule is CC(C)[C@H]1C[C@@H](C)C(N=O)[C@@H](C)C1O. The second-order valence-corrected chi connectivity index (χ2v) is 5.07. The molecule has 14 heavy (non-hydrogen) atoms. The smallest absolute Gasteiger partial charge is 0.0995 e. The molecule has 0 heterocycles. The van der Waals surface area contributed by atoms with Gasteiger partial charge in [0, 0.05) is 5.92 Å². The topological polar surface area (TPSA) is 49.7 Å². The summed E-state index contributed by atoms with van der Waals surface area (Å²) in [6.45, 7) is 8.25. The first-order valence-corrected chi connectivity index (χ1v) is 5.49. The van der Waals surface area contributed by atoms with Gasteiger partial charge in [-0.15, -0.1) is 0 Å². The summed E-state index contributed by atoms with van der Waals surface area (Å²) >= 11 is 0. The monoisotopic (exact) mass is 199 g/mol. The van der Waals surface area contributed by atoms with Crippen LogP contribution in [0.15, 0.2) is 5.18 Å². The van der Waals surface area contributed by atoms with Gasteiger partial charge in [-0.1, -0.05) is 32.9 Å². The van der Waals surface area contributed by atoms with Crippen LogP contribution in [-0.2, 0) is 0 Å². The first-order valence-electron chi connectivity index (χ1n) is 5.49. The molecule has 1 fully saturated rings. The van der Waals surface area contributed by atoms with Gasteiger partial charge in [0.05, 0.1) is 12.1 Å². The number of nitrogens with zero attached hydrogens (tertiary/aromatic N) is 1. The molecule has 0 aromatic heterocycles. The molecule has 0 aliphatic heterocycles. The van der Waals surface area contributed by atoms with E-state index in [0.29, 0.717) is 17.8 Å². The lowest BCUT2D eigenvalue weighted by Crippen LogP contribution is -2.45. The van der Waals surface area contributed by atoms with Crippen molar-refractivity contribution in [3.63, 3.8) is 0 Å². The van der Waals surface area contributed by atoms with Gasteiger partial charge >= 0.3 is 0 Å². The number of hydrogen-bond donors (Lipinski definition) is 1. The second kappa shape index (κ2) is 4.39. The molecule has 3 nitrogen and oxygen atoms in total. The Balaban J connectivity index is 2.77. The van der Waals surface area contributed by atoms with E-state index in [1.54, 1.807) is 0 Å². The quantitative estimate of drug-likeness (QED) is 0.694.